The van der Waals surface area contributed by atoms with Crippen LogP contribution in [0.5, 0.6) is 0 Å². The summed E-state index contributed by atoms with van der Waals surface area (Å²) in [5.41, 5.74) is -0.255. The second-order valence-electron chi connectivity index (χ2n) is 4.74. The lowest BCUT2D eigenvalue weighted by Gasteiger charge is -2.23. The summed E-state index contributed by atoms with van der Waals surface area (Å²) in [5.74, 6) is 0. The minimum Gasteiger partial charge on any atom is -0.394 e. The number of aliphatic hydroxyl groups excluding tert-OH is 1. The van der Waals surface area contributed by atoms with E-state index in [1.165, 1.54) is 23.5 Å². The molecule has 0 aliphatic heterocycles. The largest absolute Gasteiger partial charge is 0.394 e. The molecule has 0 amide bonds. The van der Waals surface area contributed by atoms with E-state index < -0.39 is 15.6 Å². The number of aromatic nitrogens is 1. The molecule has 19 heavy (non-hydrogen) atoms. The van der Waals surface area contributed by atoms with Crippen molar-refractivity contribution in [2.24, 2.45) is 0 Å². The summed E-state index contributed by atoms with van der Waals surface area (Å²) in [5, 5.41) is 9.13. The Bertz CT molecular complexity index is 710. The molecule has 0 aliphatic rings. The Morgan fingerprint density at radius 3 is 2.79 bits per heavy atom. The second kappa shape index (κ2) is 4.99. The average Bonchev–Trinajstić information content (AvgIpc) is 2.66. The Morgan fingerprint density at radius 2 is 2.16 bits per heavy atom. The Kier molecular flexibility index (Phi) is 3.85. The van der Waals surface area contributed by atoms with Crippen LogP contribution in [0.3, 0.4) is 0 Å². The highest BCUT2D eigenvalue weighted by Gasteiger charge is 2.25. The maximum atomic E-state index is 12.2. The van der Waals surface area contributed by atoms with Gasteiger partial charge in [0.2, 0.25) is 10.0 Å². The van der Waals surface area contributed by atoms with E-state index in [1.54, 1.807) is 19.9 Å². The van der Waals surface area contributed by atoms with Gasteiger partial charge in [0, 0.05) is 0 Å². The first kappa shape index (κ1) is 14.7. The van der Waals surface area contributed by atoms with Crippen molar-refractivity contribution in [3.05, 3.63) is 22.7 Å². The number of nitrogens with one attached hydrogen (secondary N) is 1. The minimum absolute atomic E-state index is 0.127. The fraction of sp³-hybridized carbons (Fsp3) is 0.364. The van der Waals surface area contributed by atoms with Crippen molar-refractivity contribution in [3.8, 4) is 0 Å². The molecule has 0 fully saturated rings. The van der Waals surface area contributed by atoms with Crippen molar-refractivity contribution in [2.45, 2.75) is 24.3 Å². The third-order valence-corrected chi connectivity index (χ3v) is 5.27. The molecule has 104 valence electrons. The molecule has 1 aromatic heterocycles. The number of hydrogen-bond donors (Lipinski definition) is 2. The molecule has 2 N–H and O–H groups in total. The molecule has 0 unspecified atom stereocenters. The molecule has 1 heterocycles. The molecule has 0 aliphatic carbocycles. The molecular formula is C11H13ClN2O3S2. The number of rotatable bonds is 4. The molecule has 0 bridgehead atoms. The Hall–Kier alpha value is -0.730. The lowest BCUT2D eigenvalue weighted by molar-refractivity contribution is 0.208. The van der Waals surface area contributed by atoms with Crippen LogP contribution in [0.2, 0.25) is 4.47 Å². The molecule has 2 rings (SSSR count). The predicted molar refractivity (Wildman–Crippen MR) is 76.1 cm³/mol. The molecule has 0 spiro atoms. The zero-order valence-electron chi connectivity index (χ0n) is 10.3. The van der Waals surface area contributed by atoms with Crippen molar-refractivity contribution in [1.29, 1.82) is 0 Å². The molecular weight excluding hydrogens is 308 g/mol. The van der Waals surface area contributed by atoms with E-state index in [4.69, 9.17) is 16.7 Å². The standard InChI is InChI=1S/C11H13ClN2O3S2/c1-11(2,6-15)14-19(16,17)7-3-4-8-9(5-7)18-10(12)13-8/h3-5,14-15H,6H2,1-2H3. The summed E-state index contributed by atoms with van der Waals surface area (Å²) in [4.78, 5) is 4.18. The summed E-state index contributed by atoms with van der Waals surface area (Å²) >= 11 is 7.01. The van der Waals surface area contributed by atoms with E-state index in [-0.39, 0.29) is 11.5 Å². The number of sulfonamides is 1. The van der Waals surface area contributed by atoms with Gasteiger partial charge in [-0.3, -0.25) is 0 Å². The van der Waals surface area contributed by atoms with Gasteiger partial charge in [-0.05, 0) is 32.0 Å². The number of nitrogens with zero attached hydrogens (tertiary/aromatic N) is 1. The Morgan fingerprint density at radius 1 is 1.47 bits per heavy atom. The van der Waals surface area contributed by atoms with Gasteiger partial charge in [-0.1, -0.05) is 11.6 Å². The van der Waals surface area contributed by atoms with Crippen LogP contribution in [0.15, 0.2) is 23.1 Å². The highest BCUT2D eigenvalue weighted by molar-refractivity contribution is 7.89. The van der Waals surface area contributed by atoms with Gasteiger partial charge in [-0.15, -0.1) is 11.3 Å². The summed E-state index contributed by atoms with van der Waals surface area (Å²) in [7, 11) is -3.69. The third kappa shape index (κ3) is 3.24. The Balaban J connectivity index is 2.43. The normalized spacial score (nSPS) is 13.1. The quantitative estimate of drug-likeness (QED) is 0.903. The maximum absolute atomic E-state index is 12.2. The van der Waals surface area contributed by atoms with Gasteiger partial charge in [0.15, 0.2) is 4.47 Å². The first-order valence-electron chi connectivity index (χ1n) is 5.44. The van der Waals surface area contributed by atoms with Crippen LogP contribution in [0, 0.1) is 0 Å². The van der Waals surface area contributed by atoms with Crippen molar-refractivity contribution in [3.63, 3.8) is 0 Å². The van der Waals surface area contributed by atoms with Crippen LogP contribution in [-0.4, -0.2) is 30.7 Å². The number of hydrogen-bond acceptors (Lipinski definition) is 5. The highest BCUT2D eigenvalue weighted by Crippen LogP contribution is 2.28. The fourth-order valence-corrected chi connectivity index (χ4v) is 4.07. The molecule has 1 aromatic carbocycles. The SMILES string of the molecule is CC(C)(CO)NS(=O)(=O)c1ccc2nc(Cl)sc2c1. The van der Waals surface area contributed by atoms with Crippen molar-refractivity contribution in [2.75, 3.05) is 6.61 Å². The first-order valence-corrected chi connectivity index (χ1v) is 8.12. The summed E-state index contributed by atoms with van der Waals surface area (Å²) in [6.07, 6.45) is 0. The van der Waals surface area contributed by atoms with Crippen molar-refractivity contribution in [1.82, 2.24) is 9.71 Å². The zero-order chi connectivity index (χ0) is 14.3. The first-order chi connectivity index (χ1) is 8.73. The maximum Gasteiger partial charge on any atom is 0.241 e. The van der Waals surface area contributed by atoms with E-state index in [1.807, 2.05) is 0 Å². The lowest BCUT2D eigenvalue weighted by Crippen LogP contribution is -2.46. The lowest BCUT2D eigenvalue weighted by atomic mass is 10.1. The summed E-state index contributed by atoms with van der Waals surface area (Å²) < 4.78 is 27.9. The van der Waals surface area contributed by atoms with Crippen LogP contribution in [0.25, 0.3) is 10.2 Å². The summed E-state index contributed by atoms with van der Waals surface area (Å²) in [6.45, 7) is 2.92. The van der Waals surface area contributed by atoms with E-state index >= 15 is 0 Å². The number of thiazole rings is 1. The smallest absolute Gasteiger partial charge is 0.241 e. The fourth-order valence-electron chi connectivity index (χ4n) is 1.50. The number of benzene rings is 1. The monoisotopic (exact) mass is 320 g/mol. The van der Waals surface area contributed by atoms with Gasteiger partial charge in [-0.25, -0.2) is 18.1 Å². The van der Waals surface area contributed by atoms with Crippen molar-refractivity contribution < 1.29 is 13.5 Å². The van der Waals surface area contributed by atoms with Crippen LogP contribution < -0.4 is 4.72 Å². The topological polar surface area (TPSA) is 79.3 Å². The molecule has 0 radical (unpaired) electrons. The molecule has 0 saturated heterocycles. The molecule has 2 aromatic rings. The van der Waals surface area contributed by atoms with E-state index in [9.17, 15) is 8.42 Å². The van der Waals surface area contributed by atoms with E-state index in [0.717, 1.165) is 0 Å². The van der Waals surface area contributed by atoms with Gasteiger partial charge in [0.25, 0.3) is 0 Å². The molecule has 8 heteroatoms. The van der Waals surface area contributed by atoms with Gasteiger partial charge in [0.05, 0.1) is 27.3 Å². The van der Waals surface area contributed by atoms with Crippen LogP contribution >= 0.6 is 22.9 Å². The molecule has 5 nitrogen and oxygen atoms in total. The van der Waals surface area contributed by atoms with Crippen LogP contribution in [-0.2, 0) is 10.0 Å². The van der Waals surface area contributed by atoms with Crippen molar-refractivity contribution >= 4 is 43.2 Å². The van der Waals surface area contributed by atoms with Gasteiger partial charge in [0.1, 0.15) is 0 Å². The predicted octanol–water partition coefficient (Wildman–Crippen LogP) is 2.00. The van der Waals surface area contributed by atoms with Crippen LogP contribution in [0.4, 0.5) is 0 Å². The Labute approximate surface area is 120 Å². The number of aliphatic hydroxyl groups is 1. The number of fused-ring (bicyclic) bond motifs is 1. The zero-order valence-corrected chi connectivity index (χ0v) is 12.7. The van der Waals surface area contributed by atoms with Crippen LogP contribution in [0.1, 0.15) is 13.8 Å². The van der Waals surface area contributed by atoms with E-state index in [0.29, 0.717) is 14.7 Å². The van der Waals surface area contributed by atoms with E-state index in [2.05, 4.69) is 9.71 Å². The van der Waals surface area contributed by atoms with Gasteiger partial charge >= 0.3 is 0 Å². The average molecular weight is 321 g/mol. The minimum atomic E-state index is -3.69. The third-order valence-electron chi connectivity index (χ3n) is 2.45. The molecule has 0 saturated carbocycles. The summed E-state index contributed by atoms with van der Waals surface area (Å²) in [6, 6.07) is 4.60. The number of halogens is 1. The van der Waals surface area contributed by atoms with Gasteiger partial charge in [-0.2, -0.15) is 0 Å². The second-order valence-corrected chi connectivity index (χ2v) is 8.04. The van der Waals surface area contributed by atoms with Gasteiger partial charge < -0.3 is 5.11 Å². The molecule has 0 atom stereocenters. The highest BCUT2D eigenvalue weighted by atomic mass is 35.5.